The van der Waals surface area contributed by atoms with Gasteiger partial charge in [-0.3, -0.25) is 0 Å². The van der Waals surface area contributed by atoms with E-state index in [9.17, 15) is 9.59 Å². The second kappa shape index (κ2) is 7.20. The van der Waals surface area contributed by atoms with Gasteiger partial charge in [0, 0.05) is 19.6 Å². The molecule has 2 amide bonds. The van der Waals surface area contributed by atoms with Crippen LogP contribution >= 0.6 is 0 Å². The summed E-state index contributed by atoms with van der Waals surface area (Å²) in [6, 6.07) is -1.05. The predicted molar refractivity (Wildman–Crippen MR) is 66.5 cm³/mol. The quantitative estimate of drug-likeness (QED) is 0.799. The molecule has 6 heteroatoms. The van der Waals surface area contributed by atoms with Crippen LogP contribution in [0.1, 0.15) is 26.7 Å². The number of nitrogens with zero attached hydrogens (tertiary/aromatic N) is 2. The van der Waals surface area contributed by atoms with E-state index in [0.29, 0.717) is 26.2 Å². The Labute approximate surface area is 107 Å². The molecule has 0 aromatic heterocycles. The topological polar surface area (TPSA) is 70.1 Å². The normalized spacial score (nSPS) is 19.7. The number of aliphatic carboxylic acids is 1. The highest BCUT2D eigenvalue weighted by Crippen LogP contribution is 2.11. The minimum absolute atomic E-state index is 0.0758. The maximum atomic E-state index is 12.3. The zero-order valence-electron chi connectivity index (χ0n) is 11.1. The van der Waals surface area contributed by atoms with Crippen molar-refractivity contribution < 1.29 is 19.4 Å². The van der Waals surface area contributed by atoms with Gasteiger partial charge in [0.05, 0.1) is 13.2 Å². The summed E-state index contributed by atoms with van der Waals surface area (Å²) in [6.07, 6.45) is 1.94. The maximum absolute atomic E-state index is 12.3. The van der Waals surface area contributed by atoms with Gasteiger partial charge in [0.25, 0.3) is 0 Å². The van der Waals surface area contributed by atoms with E-state index in [-0.39, 0.29) is 12.6 Å². The monoisotopic (exact) mass is 258 g/mol. The van der Waals surface area contributed by atoms with Crippen molar-refractivity contribution in [1.29, 1.82) is 0 Å². The van der Waals surface area contributed by atoms with Crippen LogP contribution in [0.2, 0.25) is 0 Å². The van der Waals surface area contributed by atoms with Gasteiger partial charge in [0.2, 0.25) is 0 Å². The van der Waals surface area contributed by atoms with Gasteiger partial charge in [-0.2, -0.15) is 0 Å². The van der Waals surface area contributed by atoms with Crippen molar-refractivity contribution in [3.05, 3.63) is 0 Å². The molecule has 1 saturated heterocycles. The number of urea groups is 1. The molecule has 0 aromatic rings. The number of hydrogen-bond donors (Lipinski definition) is 1. The summed E-state index contributed by atoms with van der Waals surface area (Å²) in [5.41, 5.74) is 0. The Morgan fingerprint density at radius 3 is 2.72 bits per heavy atom. The third-order valence-corrected chi connectivity index (χ3v) is 3.09. The fraction of sp³-hybridized carbons (Fsp3) is 0.833. The highest BCUT2D eigenvalue weighted by atomic mass is 16.5. The van der Waals surface area contributed by atoms with Crippen LogP contribution in [0.5, 0.6) is 0 Å². The maximum Gasteiger partial charge on any atom is 0.328 e. The van der Waals surface area contributed by atoms with Gasteiger partial charge < -0.3 is 19.6 Å². The lowest BCUT2D eigenvalue weighted by Gasteiger charge is -2.36. The van der Waals surface area contributed by atoms with E-state index in [1.807, 2.05) is 6.92 Å². The molecule has 1 atom stereocenters. The summed E-state index contributed by atoms with van der Waals surface area (Å²) in [6.45, 7) is 6.07. The zero-order valence-corrected chi connectivity index (χ0v) is 11.1. The predicted octanol–water partition coefficient (Wildman–Crippen LogP) is 1.01. The number of carbonyl (C=O) groups excluding carboxylic acids is 1. The first-order chi connectivity index (χ1) is 8.61. The molecule has 6 nitrogen and oxygen atoms in total. The van der Waals surface area contributed by atoms with Gasteiger partial charge >= 0.3 is 12.0 Å². The molecule has 0 spiro atoms. The van der Waals surface area contributed by atoms with E-state index in [4.69, 9.17) is 9.84 Å². The highest BCUT2D eigenvalue weighted by Gasteiger charge is 2.34. The number of rotatable bonds is 5. The molecular formula is C12H22N2O4. The average Bonchev–Trinajstić information content (AvgIpc) is 2.39. The second-order valence-electron chi connectivity index (χ2n) is 4.34. The Hall–Kier alpha value is -1.30. The van der Waals surface area contributed by atoms with Crippen LogP contribution in [0.25, 0.3) is 0 Å². The molecule has 1 heterocycles. The summed E-state index contributed by atoms with van der Waals surface area (Å²) in [4.78, 5) is 26.5. The minimum atomic E-state index is -1.01. The lowest BCUT2D eigenvalue weighted by Crippen LogP contribution is -2.56. The number of hydrogen-bond acceptors (Lipinski definition) is 3. The van der Waals surface area contributed by atoms with Crippen molar-refractivity contribution in [1.82, 2.24) is 9.80 Å². The summed E-state index contributed by atoms with van der Waals surface area (Å²) in [5, 5.41) is 9.10. The van der Waals surface area contributed by atoms with Crippen LogP contribution in [0, 0.1) is 0 Å². The number of morpholine rings is 1. The van der Waals surface area contributed by atoms with Crippen LogP contribution in [-0.4, -0.2) is 65.8 Å². The lowest BCUT2D eigenvalue weighted by atomic mass is 10.2. The standard InChI is InChI=1S/C12H22N2O4/c1-3-5-6-13(4-2)12(17)14-7-8-18-9-10(14)11(15)16/h10H,3-9H2,1-2H3,(H,15,16). The molecule has 1 N–H and O–H groups in total. The Kier molecular flexibility index (Phi) is 5.91. The zero-order chi connectivity index (χ0) is 13.5. The molecule has 1 rings (SSSR count). The molecule has 0 bridgehead atoms. The van der Waals surface area contributed by atoms with E-state index in [1.165, 1.54) is 4.90 Å². The summed E-state index contributed by atoms with van der Waals surface area (Å²) < 4.78 is 5.13. The molecule has 0 aromatic carbocycles. The molecular weight excluding hydrogens is 236 g/mol. The SMILES string of the molecule is CCCCN(CC)C(=O)N1CCOCC1C(=O)O. The van der Waals surface area contributed by atoms with E-state index in [2.05, 4.69) is 6.92 Å². The first-order valence-electron chi connectivity index (χ1n) is 6.47. The van der Waals surface area contributed by atoms with Crippen molar-refractivity contribution in [2.75, 3.05) is 32.8 Å². The molecule has 1 aliphatic rings. The first-order valence-corrected chi connectivity index (χ1v) is 6.47. The minimum Gasteiger partial charge on any atom is -0.480 e. The second-order valence-corrected chi connectivity index (χ2v) is 4.34. The number of amides is 2. The van der Waals surface area contributed by atoms with Gasteiger partial charge in [-0.1, -0.05) is 13.3 Å². The Morgan fingerprint density at radius 2 is 2.17 bits per heavy atom. The molecule has 1 unspecified atom stereocenters. The van der Waals surface area contributed by atoms with Gasteiger partial charge in [-0.05, 0) is 13.3 Å². The van der Waals surface area contributed by atoms with Crippen LogP contribution < -0.4 is 0 Å². The summed E-state index contributed by atoms with van der Waals surface area (Å²) in [7, 11) is 0. The number of carbonyl (C=O) groups is 2. The number of carboxylic acid groups (broad SMARTS) is 1. The fourth-order valence-corrected chi connectivity index (χ4v) is 1.96. The summed E-state index contributed by atoms with van der Waals surface area (Å²) >= 11 is 0. The number of ether oxygens (including phenoxy) is 1. The van der Waals surface area contributed by atoms with Crippen LogP contribution in [0.15, 0.2) is 0 Å². The third kappa shape index (κ3) is 3.60. The Balaban J connectivity index is 2.68. The first kappa shape index (κ1) is 14.8. The molecule has 0 saturated carbocycles. The van der Waals surface area contributed by atoms with E-state index in [0.717, 1.165) is 12.8 Å². The van der Waals surface area contributed by atoms with Crippen molar-refractivity contribution in [2.24, 2.45) is 0 Å². The van der Waals surface area contributed by atoms with Gasteiger partial charge in [-0.15, -0.1) is 0 Å². The van der Waals surface area contributed by atoms with Crippen molar-refractivity contribution in [3.63, 3.8) is 0 Å². The van der Waals surface area contributed by atoms with Crippen LogP contribution in [0.4, 0.5) is 4.79 Å². The van der Waals surface area contributed by atoms with Gasteiger partial charge in [0.1, 0.15) is 0 Å². The molecule has 0 aliphatic carbocycles. The highest BCUT2D eigenvalue weighted by molar-refractivity contribution is 5.83. The molecule has 104 valence electrons. The summed E-state index contributed by atoms with van der Waals surface area (Å²) in [5.74, 6) is -1.01. The average molecular weight is 258 g/mol. The molecule has 1 fully saturated rings. The molecule has 1 aliphatic heterocycles. The third-order valence-electron chi connectivity index (χ3n) is 3.09. The van der Waals surface area contributed by atoms with Gasteiger partial charge in [-0.25, -0.2) is 9.59 Å². The Bertz CT molecular complexity index is 296. The van der Waals surface area contributed by atoms with Crippen molar-refractivity contribution in [3.8, 4) is 0 Å². The fourth-order valence-electron chi connectivity index (χ4n) is 1.96. The number of unbranched alkanes of at least 4 members (excludes halogenated alkanes) is 1. The smallest absolute Gasteiger partial charge is 0.328 e. The Morgan fingerprint density at radius 1 is 1.44 bits per heavy atom. The van der Waals surface area contributed by atoms with Gasteiger partial charge in [0.15, 0.2) is 6.04 Å². The van der Waals surface area contributed by atoms with Crippen molar-refractivity contribution >= 4 is 12.0 Å². The largest absolute Gasteiger partial charge is 0.480 e. The van der Waals surface area contributed by atoms with E-state index >= 15 is 0 Å². The molecule has 18 heavy (non-hydrogen) atoms. The van der Waals surface area contributed by atoms with Crippen LogP contribution in [0.3, 0.4) is 0 Å². The van der Waals surface area contributed by atoms with Crippen LogP contribution in [-0.2, 0) is 9.53 Å². The van der Waals surface area contributed by atoms with E-state index in [1.54, 1.807) is 4.90 Å². The number of carboxylic acids is 1. The van der Waals surface area contributed by atoms with Crippen molar-refractivity contribution in [2.45, 2.75) is 32.7 Å². The van der Waals surface area contributed by atoms with E-state index < -0.39 is 12.0 Å². The molecule has 0 radical (unpaired) electrons. The lowest BCUT2D eigenvalue weighted by molar-refractivity contribution is -0.147.